The van der Waals surface area contributed by atoms with E-state index < -0.39 is 5.60 Å². The SMILES string of the molecule is CCc1nn(C)cc1NC1CCN(C(=O)OC(C)(C)C)C1. The van der Waals surface area contributed by atoms with E-state index in [0.29, 0.717) is 6.54 Å². The largest absolute Gasteiger partial charge is 0.444 e. The Morgan fingerprint density at radius 2 is 2.24 bits per heavy atom. The van der Waals surface area contributed by atoms with Crippen LogP contribution in [0.25, 0.3) is 0 Å². The van der Waals surface area contributed by atoms with Gasteiger partial charge in [0.25, 0.3) is 0 Å². The predicted octanol–water partition coefficient (Wildman–Crippen LogP) is 2.40. The molecule has 0 aromatic carbocycles. The third-order valence-electron chi connectivity index (χ3n) is 3.44. The standard InChI is InChI=1S/C15H26N4O2/c1-6-12-13(10-18(5)17-12)16-11-7-8-19(9-11)14(20)21-15(2,3)4/h10-11,16H,6-9H2,1-5H3. The molecule has 6 nitrogen and oxygen atoms in total. The molecule has 1 atom stereocenters. The molecule has 6 heteroatoms. The summed E-state index contributed by atoms with van der Waals surface area (Å²) in [6.07, 6.45) is 3.59. The molecule has 1 amide bonds. The first-order valence-electron chi connectivity index (χ1n) is 7.55. The van der Waals surface area contributed by atoms with Crippen molar-refractivity contribution in [3.63, 3.8) is 0 Å². The van der Waals surface area contributed by atoms with Crippen LogP contribution in [0.4, 0.5) is 10.5 Å². The Kier molecular flexibility index (Phi) is 4.44. The Hall–Kier alpha value is -1.72. The molecule has 21 heavy (non-hydrogen) atoms. The van der Waals surface area contributed by atoms with Crippen molar-refractivity contribution in [2.75, 3.05) is 18.4 Å². The van der Waals surface area contributed by atoms with Gasteiger partial charge in [-0.3, -0.25) is 4.68 Å². The van der Waals surface area contributed by atoms with E-state index in [9.17, 15) is 4.79 Å². The summed E-state index contributed by atoms with van der Waals surface area (Å²) in [7, 11) is 1.92. The minimum atomic E-state index is -0.443. The molecule has 0 aliphatic carbocycles. The summed E-state index contributed by atoms with van der Waals surface area (Å²) in [4.78, 5) is 13.8. The first-order chi connectivity index (χ1) is 9.78. The van der Waals surface area contributed by atoms with Gasteiger partial charge in [-0.1, -0.05) is 6.92 Å². The number of aromatic nitrogens is 2. The van der Waals surface area contributed by atoms with E-state index in [1.807, 2.05) is 38.7 Å². The summed E-state index contributed by atoms with van der Waals surface area (Å²) >= 11 is 0. The number of nitrogens with zero attached hydrogens (tertiary/aromatic N) is 3. The van der Waals surface area contributed by atoms with Crippen LogP contribution in [0.5, 0.6) is 0 Å². The second kappa shape index (κ2) is 5.95. The van der Waals surface area contributed by atoms with E-state index in [0.717, 1.165) is 30.8 Å². The topological polar surface area (TPSA) is 59.4 Å². The summed E-state index contributed by atoms with van der Waals surface area (Å²) < 4.78 is 7.23. The number of aryl methyl sites for hydroxylation is 2. The first kappa shape index (κ1) is 15.7. The lowest BCUT2D eigenvalue weighted by molar-refractivity contribution is 0.0293. The van der Waals surface area contributed by atoms with Crippen LogP contribution in [0.15, 0.2) is 6.20 Å². The minimum absolute atomic E-state index is 0.228. The van der Waals surface area contributed by atoms with Gasteiger partial charge in [0.05, 0.1) is 11.4 Å². The molecule has 0 spiro atoms. The maximum Gasteiger partial charge on any atom is 0.410 e. The number of amides is 1. The Morgan fingerprint density at radius 3 is 2.86 bits per heavy atom. The first-order valence-corrected chi connectivity index (χ1v) is 7.55. The van der Waals surface area contributed by atoms with Gasteiger partial charge in [-0.25, -0.2) is 4.79 Å². The maximum atomic E-state index is 12.0. The number of nitrogens with one attached hydrogen (secondary N) is 1. The fourth-order valence-corrected chi connectivity index (χ4v) is 2.51. The Balaban J connectivity index is 1.92. The van der Waals surface area contributed by atoms with E-state index in [4.69, 9.17) is 4.74 Å². The fourth-order valence-electron chi connectivity index (χ4n) is 2.51. The molecule has 1 aromatic rings. The maximum absolute atomic E-state index is 12.0. The van der Waals surface area contributed by atoms with Crippen LogP contribution in [-0.4, -0.2) is 45.5 Å². The van der Waals surface area contributed by atoms with Crippen molar-refractivity contribution in [1.82, 2.24) is 14.7 Å². The van der Waals surface area contributed by atoms with Gasteiger partial charge in [0, 0.05) is 32.4 Å². The highest BCUT2D eigenvalue weighted by molar-refractivity contribution is 5.68. The Labute approximate surface area is 126 Å². The lowest BCUT2D eigenvalue weighted by Gasteiger charge is -2.24. The second-order valence-electron chi connectivity index (χ2n) is 6.57. The molecule has 1 aliphatic rings. The molecule has 1 aromatic heterocycles. The van der Waals surface area contributed by atoms with Crippen molar-refractivity contribution < 1.29 is 9.53 Å². The molecule has 1 unspecified atom stereocenters. The van der Waals surface area contributed by atoms with E-state index >= 15 is 0 Å². The molecule has 0 radical (unpaired) electrons. The van der Waals surface area contributed by atoms with Crippen molar-refractivity contribution in [2.45, 2.75) is 52.2 Å². The van der Waals surface area contributed by atoms with E-state index in [-0.39, 0.29) is 12.1 Å². The summed E-state index contributed by atoms with van der Waals surface area (Å²) in [5.74, 6) is 0. The van der Waals surface area contributed by atoms with Crippen molar-refractivity contribution in [3.05, 3.63) is 11.9 Å². The van der Waals surface area contributed by atoms with Crippen LogP contribution < -0.4 is 5.32 Å². The lowest BCUT2D eigenvalue weighted by atomic mass is 10.2. The molecule has 1 aliphatic heterocycles. The summed E-state index contributed by atoms with van der Waals surface area (Å²) in [6.45, 7) is 9.16. The van der Waals surface area contributed by atoms with Crippen LogP contribution in [0.1, 0.15) is 39.8 Å². The van der Waals surface area contributed by atoms with E-state index in [1.54, 1.807) is 4.90 Å². The van der Waals surface area contributed by atoms with Gasteiger partial charge in [-0.2, -0.15) is 5.10 Å². The Morgan fingerprint density at radius 1 is 1.52 bits per heavy atom. The van der Waals surface area contributed by atoms with Crippen molar-refractivity contribution in [2.24, 2.45) is 7.05 Å². The molecule has 1 N–H and O–H groups in total. The number of carbonyl (C=O) groups is 1. The molecule has 0 saturated carbocycles. The van der Waals surface area contributed by atoms with Gasteiger partial charge in [0.1, 0.15) is 5.60 Å². The zero-order chi connectivity index (χ0) is 15.6. The monoisotopic (exact) mass is 294 g/mol. The van der Waals surface area contributed by atoms with Gasteiger partial charge in [-0.15, -0.1) is 0 Å². The molecule has 2 heterocycles. The number of hydrogen-bond acceptors (Lipinski definition) is 4. The van der Waals surface area contributed by atoms with Crippen LogP contribution in [0, 0.1) is 0 Å². The van der Waals surface area contributed by atoms with Crippen LogP contribution in [0.3, 0.4) is 0 Å². The summed E-state index contributed by atoms with van der Waals surface area (Å²) in [6, 6.07) is 0.256. The Bertz CT molecular complexity index is 504. The molecule has 1 fully saturated rings. The molecular formula is C15H26N4O2. The zero-order valence-electron chi connectivity index (χ0n) is 13.6. The number of rotatable bonds is 3. The third-order valence-corrected chi connectivity index (χ3v) is 3.44. The average molecular weight is 294 g/mol. The molecular weight excluding hydrogens is 268 g/mol. The number of hydrogen-bond donors (Lipinski definition) is 1. The van der Waals surface area contributed by atoms with Gasteiger partial charge in [0.2, 0.25) is 0 Å². The minimum Gasteiger partial charge on any atom is -0.444 e. The molecule has 0 bridgehead atoms. The van der Waals surface area contributed by atoms with Crippen molar-refractivity contribution >= 4 is 11.8 Å². The average Bonchev–Trinajstić information content (AvgIpc) is 2.94. The van der Waals surface area contributed by atoms with Crippen LogP contribution in [-0.2, 0) is 18.2 Å². The number of ether oxygens (including phenoxy) is 1. The number of anilines is 1. The van der Waals surface area contributed by atoms with Gasteiger partial charge in [0.15, 0.2) is 0 Å². The highest BCUT2D eigenvalue weighted by Crippen LogP contribution is 2.21. The van der Waals surface area contributed by atoms with Crippen LogP contribution in [0.2, 0.25) is 0 Å². The van der Waals surface area contributed by atoms with Gasteiger partial charge in [-0.05, 0) is 33.6 Å². The number of likely N-dealkylation sites (tertiary alicyclic amines) is 1. The zero-order valence-corrected chi connectivity index (χ0v) is 13.6. The molecule has 1 saturated heterocycles. The highest BCUT2D eigenvalue weighted by Gasteiger charge is 2.30. The quantitative estimate of drug-likeness (QED) is 0.930. The predicted molar refractivity (Wildman–Crippen MR) is 82.4 cm³/mol. The normalized spacial score (nSPS) is 18.9. The summed E-state index contributed by atoms with van der Waals surface area (Å²) in [5, 5.41) is 7.92. The number of carbonyl (C=O) groups excluding carboxylic acids is 1. The van der Waals surface area contributed by atoms with Crippen molar-refractivity contribution in [3.8, 4) is 0 Å². The van der Waals surface area contributed by atoms with E-state index in [2.05, 4.69) is 17.3 Å². The third kappa shape index (κ3) is 4.12. The lowest BCUT2D eigenvalue weighted by Crippen LogP contribution is -2.36. The smallest absolute Gasteiger partial charge is 0.410 e. The molecule has 118 valence electrons. The van der Waals surface area contributed by atoms with Crippen LogP contribution >= 0.6 is 0 Å². The summed E-state index contributed by atoms with van der Waals surface area (Å²) in [5.41, 5.74) is 1.69. The van der Waals surface area contributed by atoms with Crippen molar-refractivity contribution in [1.29, 1.82) is 0 Å². The van der Waals surface area contributed by atoms with E-state index in [1.165, 1.54) is 0 Å². The fraction of sp³-hybridized carbons (Fsp3) is 0.733. The molecule has 2 rings (SSSR count). The second-order valence-corrected chi connectivity index (χ2v) is 6.57. The van der Waals surface area contributed by atoms with Gasteiger partial charge >= 0.3 is 6.09 Å². The highest BCUT2D eigenvalue weighted by atomic mass is 16.6. The van der Waals surface area contributed by atoms with Gasteiger partial charge < -0.3 is 15.0 Å².